The molecule has 21 heteroatoms. The molecular formula is C33H40O21. The van der Waals surface area contributed by atoms with Gasteiger partial charge in [-0.25, -0.2) is 0 Å². The van der Waals surface area contributed by atoms with Gasteiger partial charge >= 0.3 is 0 Å². The number of aliphatic hydroxyl groups excluding tert-OH is 11. The minimum atomic E-state index is -2.03. The molecule has 1 aromatic heterocycles. The van der Waals surface area contributed by atoms with Crippen molar-refractivity contribution in [2.24, 2.45) is 0 Å². The van der Waals surface area contributed by atoms with Crippen LogP contribution in [-0.4, -0.2) is 178 Å². The summed E-state index contributed by atoms with van der Waals surface area (Å²) in [5.74, 6) is -2.30. The van der Waals surface area contributed by atoms with Crippen LogP contribution in [0.2, 0.25) is 0 Å². The molecule has 0 saturated carbocycles. The minimum absolute atomic E-state index is 0.0925. The predicted octanol–water partition coefficient (Wildman–Crippen LogP) is -4.95. The van der Waals surface area contributed by atoms with Crippen LogP contribution in [0.15, 0.2) is 45.6 Å². The maximum atomic E-state index is 14.0. The van der Waals surface area contributed by atoms with Gasteiger partial charge in [0.05, 0.1) is 19.8 Å². The van der Waals surface area contributed by atoms with Crippen molar-refractivity contribution in [3.63, 3.8) is 0 Å². The number of ether oxygens (including phenoxy) is 6. The van der Waals surface area contributed by atoms with Gasteiger partial charge in [0.25, 0.3) is 0 Å². The lowest BCUT2D eigenvalue weighted by atomic mass is 9.98. The lowest BCUT2D eigenvalue weighted by Gasteiger charge is -2.42. The largest absolute Gasteiger partial charge is 0.508 e. The van der Waals surface area contributed by atoms with Crippen molar-refractivity contribution in [1.29, 1.82) is 0 Å². The van der Waals surface area contributed by atoms with Crippen molar-refractivity contribution in [3.8, 4) is 34.3 Å². The fraction of sp³-hybridized carbons (Fsp3) is 0.545. The van der Waals surface area contributed by atoms with Crippen LogP contribution in [0.4, 0.5) is 0 Å². The normalized spacial score (nSPS) is 37.3. The van der Waals surface area contributed by atoms with Gasteiger partial charge in [-0.3, -0.25) is 4.79 Å². The number of phenolic OH excluding ortho intramolecular Hbond substituents is 2. The van der Waals surface area contributed by atoms with Crippen molar-refractivity contribution < 1.29 is 99.2 Å². The Balaban J connectivity index is 1.31. The molecule has 3 aromatic rings. The Kier molecular flexibility index (Phi) is 11.9. The number of phenols is 2. The van der Waals surface area contributed by atoms with E-state index in [9.17, 15) is 71.2 Å². The minimum Gasteiger partial charge on any atom is -0.508 e. The third kappa shape index (κ3) is 7.58. The summed E-state index contributed by atoms with van der Waals surface area (Å²) in [6, 6.07) is 7.12. The summed E-state index contributed by atoms with van der Waals surface area (Å²) in [5, 5.41) is 133. The van der Waals surface area contributed by atoms with Crippen LogP contribution >= 0.6 is 0 Å². The van der Waals surface area contributed by atoms with E-state index < -0.39 is 134 Å². The maximum Gasteiger partial charge on any atom is 0.239 e. The number of aromatic hydroxyl groups is 2. The van der Waals surface area contributed by atoms with Crippen molar-refractivity contribution in [3.05, 3.63) is 46.6 Å². The molecule has 13 N–H and O–H groups in total. The zero-order valence-corrected chi connectivity index (χ0v) is 27.8. The summed E-state index contributed by atoms with van der Waals surface area (Å²) in [6.07, 6.45) is -26.0. The third-order valence-corrected chi connectivity index (χ3v) is 9.31. The van der Waals surface area contributed by atoms with Crippen LogP contribution in [0.25, 0.3) is 22.3 Å². The second-order valence-corrected chi connectivity index (χ2v) is 12.9. The Morgan fingerprint density at radius 1 is 0.593 bits per heavy atom. The van der Waals surface area contributed by atoms with Gasteiger partial charge in [-0.1, -0.05) is 0 Å². The van der Waals surface area contributed by atoms with Crippen LogP contribution in [0.1, 0.15) is 0 Å². The predicted molar refractivity (Wildman–Crippen MR) is 173 cm³/mol. The van der Waals surface area contributed by atoms with Crippen LogP contribution < -0.4 is 14.9 Å². The van der Waals surface area contributed by atoms with Gasteiger partial charge in [-0.15, -0.1) is 0 Å². The highest BCUT2D eigenvalue weighted by Gasteiger charge is 2.49. The van der Waals surface area contributed by atoms with Crippen molar-refractivity contribution in [2.75, 3.05) is 19.8 Å². The number of rotatable bonds is 10. The zero-order valence-electron chi connectivity index (χ0n) is 27.8. The van der Waals surface area contributed by atoms with Crippen LogP contribution in [0.3, 0.4) is 0 Å². The van der Waals surface area contributed by atoms with E-state index in [0.717, 1.165) is 12.1 Å². The molecular weight excluding hydrogens is 732 g/mol. The first-order chi connectivity index (χ1) is 25.6. The van der Waals surface area contributed by atoms with Crippen LogP contribution in [-0.2, 0) is 18.9 Å². The first-order valence-electron chi connectivity index (χ1n) is 16.5. The zero-order chi connectivity index (χ0) is 39.2. The maximum absolute atomic E-state index is 14.0. The number of fused-ring (bicyclic) bond motifs is 1. The molecule has 3 fully saturated rings. The summed E-state index contributed by atoms with van der Waals surface area (Å²) >= 11 is 0. The standard InChI is InChI=1S/C33H40O21/c34-7-15-19(38)23(42)26(45)31(51-15)48-9-17-21(40)25(44)28(47)33(53-17)54-30-22(41)18-13(37)5-12(49-32-27(46)24(43)20(39)16(8-35)52-32)6-14(18)50-29(30)10-1-3-11(36)4-2-10/h1-6,15-17,19-21,23-28,31-40,42-47H,7-9H2/t15-,16-,17-,19+,20+,21+,23-,24-,25-,26-,27-,28+,31+,32+,33-/m0/s1. The molecule has 0 radical (unpaired) electrons. The van der Waals surface area contributed by atoms with Crippen LogP contribution in [0, 0.1) is 0 Å². The van der Waals surface area contributed by atoms with E-state index in [0.29, 0.717) is 0 Å². The highest BCUT2D eigenvalue weighted by Crippen LogP contribution is 2.39. The van der Waals surface area contributed by atoms with E-state index in [4.69, 9.17) is 32.8 Å². The van der Waals surface area contributed by atoms with E-state index in [1.807, 2.05) is 0 Å². The second kappa shape index (κ2) is 16.2. The average molecular weight is 773 g/mol. The first kappa shape index (κ1) is 39.9. The van der Waals surface area contributed by atoms with E-state index in [2.05, 4.69) is 0 Å². The Morgan fingerprint density at radius 3 is 1.67 bits per heavy atom. The number of hydrogen-bond acceptors (Lipinski definition) is 21. The van der Waals surface area contributed by atoms with Gasteiger partial charge in [0.15, 0.2) is 12.1 Å². The topological polar surface area (TPSA) is 349 Å². The number of benzene rings is 2. The molecule has 2 aromatic carbocycles. The first-order valence-corrected chi connectivity index (χ1v) is 16.5. The van der Waals surface area contributed by atoms with Crippen molar-refractivity contribution >= 4 is 11.0 Å². The highest BCUT2D eigenvalue weighted by molar-refractivity contribution is 5.88. The summed E-state index contributed by atoms with van der Waals surface area (Å²) < 4.78 is 39.1. The summed E-state index contributed by atoms with van der Waals surface area (Å²) in [6.45, 7) is -2.21. The summed E-state index contributed by atoms with van der Waals surface area (Å²) in [7, 11) is 0. The van der Waals surface area contributed by atoms with Crippen LogP contribution in [0.5, 0.6) is 23.0 Å². The molecule has 0 unspecified atom stereocenters. The average Bonchev–Trinajstić information content (AvgIpc) is 3.15. The summed E-state index contributed by atoms with van der Waals surface area (Å²) in [5.41, 5.74) is -1.32. The van der Waals surface area contributed by atoms with Crippen molar-refractivity contribution in [2.45, 2.75) is 92.1 Å². The molecule has 0 amide bonds. The van der Waals surface area contributed by atoms with E-state index in [-0.39, 0.29) is 28.4 Å². The molecule has 298 valence electrons. The Hall–Kier alpha value is -3.75. The Labute approximate surface area is 303 Å². The molecule has 6 rings (SSSR count). The molecule has 0 aliphatic carbocycles. The number of aliphatic hydroxyl groups is 11. The fourth-order valence-electron chi connectivity index (χ4n) is 6.20. The molecule has 0 spiro atoms. The van der Waals surface area contributed by atoms with Gasteiger partial charge in [-0.2, -0.15) is 0 Å². The lowest BCUT2D eigenvalue weighted by molar-refractivity contribution is -0.323. The van der Waals surface area contributed by atoms with E-state index >= 15 is 0 Å². The molecule has 3 aliphatic rings. The lowest BCUT2D eigenvalue weighted by Crippen LogP contribution is -2.62. The molecule has 0 bridgehead atoms. The molecule has 15 atom stereocenters. The van der Waals surface area contributed by atoms with Gasteiger partial charge in [-0.05, 0) is 24.3 Å². The molecule has 3 saturated heterocycles. The third-order valence-electron chi connectivity index (χ3n) is 9.31. The van der Waals surface area contributed by atoms with Gasteiger partial charge in [0, 0.05) is 17.7 Å². The van der Waals surface area contributed by atoms with E-state index in [1.54, 1.807) is 0 Å². The fourth-order valence-corrected chi connectivity index (χ4v) is 6.20. The van der Waals surface area contributed by atoms with Crippen molar-refractivity contribution in [1.82, 2.24) is 0 Å². The smallest absolute Gasteiger partial charge is 0.239 e. The second-order valence-electron chi connectivity index (χ2n) is 12.9. The molecule has 21 nitrogen and oxygen atoms in total. The summed E-state index contributed by atoms with van der Waals surface area (Å²) in [4.78, 5) is 14.0. The SMILES string of the molecule is O=c1c(O[C@@H]2O[C@@H](CO[C@@H]3O[C@@H](CO)[C@@H](O)[C@H](O)[C@@H]3O)[C@@H](O)[C@H](O)[C@H]2O)c(-c2ccc(O)cc2)oc2cc(O[C@@H]3O[C@@H](CO)[C@@H](O)[C@H](O)[C@@H]3O)cc(O)c12. The monoisotopic (exact) mass is 772 g/mol. The van der Waals surface area contributed by atoms with E-state index in [1.165, 1.54) is 24.3 Å². The van der Waals surface area contributed by atoms with Gasteiger partial charge in [0.2, 0.25) is 23.8 Å². The number of hydrogen-bond donors (Lipinski definition) is 13. The van der Waals surface area contributed by atoms with Gasteiger partial charge < -0.3 is 99.2 Å². The molecule has 54 heavy (non-hydrogen) atoms. The van der Waals surface area contributed by atoms with Gasteiger partial charge in [0.1, 0.15) is 101 Å². The highest BCUT2D eigenvalue weighted by atomic mass is 16.7. The molecule has 3 aliphatic heterocycles. The quantitative estimate of drug-likeness (QED) is 0.0918. The Morgan fingerprint density at radius 2 is 1.09 bits per heavy atom. The Bertz CT molecular complexity index is 1800. The molecule has 4 heterocycles.